The largest absolute Gasteiger partial charge is 0.353 e. The number of aromatic nitrogens is 3. The molecule has 1 aliphatic carbocycles. The number of nitrogens with zero attached hydrogens (tertiary/aromatic N) is 3. The SMILES string of the molecule is C=CCn1c(CNC(=O)c2ccc(C)cc2)nnc1SCC(=O)NC1CCCCC1. The number of amides is 2. The maximum Gasteiger partial charge on any atom is 0.251 e. The van der Waals surface area contributed by atoms with Crippen LogP contribution < -0.4 is 10.6 Å². The molecule has 0 saturated heterocycles. The molecule has 0 aliphatic heterocycles. The molecule has 1 aromatic carbocycles. The van der Waals surface area contributed by atoms with Crippen molar-refractivity contribution in [1.29, 1.82) is 0 Å². The third-order valence-corrected chi connectivity index (χ3v) is 6.10. The fourth-order valence-corrected chi connectivity index (χ4v) is 4.26. The Hall–Kier alpha value is -2.61. The average molecular weight is 428 g/mol. The molecule has 2 aromatic rings. The van der Waals surface area contributed by atoms with Crippen molar-refractivity contribution in [3.63, 3.8) is 0 Å². The number of aryl methyl sites for hydroxylation is 1. The first-order valence-electron chi connectivity index (χ1n) is 10.4. The Morgan fingerprint density at radius 1 is 1.20 bits per heavy atom. The van der Waals surface area contributed by atoms with Gasteiger partial charge in [-0.3, -0.25) is 9.59 Å². The molecule has 1 saturated carbocycles. The summed E-state index contributed by atoms with van der Waals surface area (Å²) in [5.41, 5.74) is 1.70. The predicted octanol–water partition coefficient (Wildman–Crippen LogP) is 3.24. The highest BCUT2D eigenvalue weighted by atomic mass is 32.2. The molecule has 8 heteroatoms. The van der Waals surface area contributed by atoms with E-state index in [1.807, 2.05) is 23.6 Å². The summed E-state index contributed by atoms with van der Waals surface area (Å²) in [6.07, 6.45) is 7.50. The van der Waals surface area contributed by atoms with Gasteiger partial charge in [-0.2, -0.15) is 0 Å². The lowest BCUT2D eigenvalue weighted by Gasteiger charge is -2.22. The minimum atomic E-state index is -0.163. The van der Waals surface area contributed by atoms with Crippen LogP contribution in [0.3, 0.4) is 0 Å². The number of carbonyl (C=O) groups is 2. The third kappa shape index (κ3) is 6.19. The van der Waals surface area contributed by atoms with Gasteiger partial charge >= 0.3 is 0 Å². The van der Waals surface area contributed by atoms with Crippen molar-refractivity contribution in [2.75, 3.05) is 5.75 Å². The Morgan fingerprint density at radius 2 is 1.93 bits per heavy atom. The van der Waals surface area contributed by atoms with Crippen LogP contribution in [0.25, 0.3) is 0 Å². The summed E-state index contributed by atoms with van der Waals surface area (Å²) in [6, 6.07) is 7.70. The minimum Gasteiger partial charge on any atom is -0.353 e. The Balaban J connectivity index is 1.55. The third-order valence-electron chi connectivity index (χ3n) is 5.13. The van der Waals surface area contributed by atoms with Crippen LogP contribution in [0.2, 0.25) is 0 Å². The smallest absolute Gasteiger partial charge is 0.251 e. The zero-order valence-corrected chi connectivity index (χ0v) is 18.2. The van der Waals surface area contributed by atoms with Gasteiger partial charge in [-0.25, -0.2) is 0 Å². The number of hydrogen-bond acceptors (Lipinski definition) is 5. The van der Waals surface area contributed by atoms with Crippen molar-refractivity contribution in [1.82, 2.24) is 25.4 Å². The molecule has 1 fully saturated rings. The van der Waals surface area contributed by atoms with E-state index in [0.717, 1.165) is 18.4 Å². The number of carbonyl (C=O) groups excluding carboxylic acids is 2. The van der Waals surface area contributed by atoms with Gasteiger partial charge in [0.2, 0.25) is 5.91 Å². The average Bonchev–Trinajstić information content (AvgIpc) is 3.13. The lowest BCUT2D eigenvalue weighted by molar-refractivity contribution is -0.119. The topological polar surface area (TPSA) is 88.9 Å². The molecule has 0 radical (unpaired) electrons. The van der Waals surface area contributed by atoms with E-state index >= 15 is 0 Å². The van der Waals surface area contributed by atoms with E-state index in [4.69, 9.17) is 0 Å². The molecular weight excluding hydrogens is 398 g/mol. The molecule has 7 nitrogen and oxygen atoms in total. The fourth-order valence-electron chi connectivity index (χ4n) is 3.48. The van der Waals surface area contributed by atoms with E-state index in [1.165, 1.54) is 31.0 Å². The van der Waals surface area contributed by atoms with Crippen LogP contribution in [-0.4, -0.2) is 38.4 Å². The highest BCUT2D eigenvalue weighted by Crippen LogP contribution is 2.20. The Morgan fingerprint density at radius 3 is 2.63 bits per heavy atom. The van der Waals surface area contributed by atoms with Crippen molar-refractivity contribution in [2.45, 2.75) is 63.3 Å². The molecule has 0 bridgehead atoms. The number of hydrogen-bond donors (Lipinski definition) is 2. The molecule has 1 heterocycles. The van der Waals surface area contributed by atoms with Gasteiger partial charge in [0, 0.05) is 18.2 Å². The lowest BCUT2D eigenvalue weighted by atomic mass is 9.95. The van der Waals surface area contributed by atoms with E-state index in [2.05, 4.69) is 27.4 Å². The summed E-state index contributed by atoms with van der Waals surface area (Å²) in [4.78, 5) is 24.7. The molecule has 1 aliphatic rings. The van der Waals surface area contributed by atoms with Crippen LogP contribution >= 0.6 is 11.8 Å². The summed E-state index contributed by atoms with van der Waals surface area (Å²) in [5, 5.41) is 15.1. The molecule has 0 spiro atoms. The van der Waals surface area contributed by atoms with Crippen LogP contribution in [0.4, 0.5) is 0 Å². The number of thioether (sulfide) groups is 1. The lowest BCUT2D eigenvalue weighted by Crippen LogP contribution is -2.37. The first-order valence-corrected chi connectivity index (χ1v) is 11.4. The molecular formula is C22H29N5O2S. The number of benzene rings is 1. The monoisotopic (exact) mass is 427 g/mol. The van der Waals surface area contributed by atoms with Gasteiger partial charge in [-0.05, 0) is 31.9 Å². The summed E-state index contributed by atoms with van der Waals surface area (Å²) in [6.45, 7) is 6.53. The van der Waals surface area contributed by atoms with Crippen molar-refractivity contribution in [2.24, 2.45) is 0 Å². The van der Waals surface area contributed by atoms with Crippen LogP contribution in [0.15, 0.2) is 42.1 Å². The van der Waals surface area contributed by atoms with E-state index in [0.29, 0.717) is 34.9 Å². The molecule has 160 valence electrons. The van der Waals surface area contributed by atoms with Gasteiger partial charge in [0.25, 0.3) is 5.91 Å². The number of nitrogens with one attached hydrogen (secondary N) is 2. The number of allylic oxidation sites excluding steroid dienone is 1. The molecule has 2 N–H and O–H groups in total. The van der Waals surface area contributed by atoms with Crippen LogP contribution in [0.1, 0.15) is 53.8 Å². The first-order chi connectivity index (χ1) is 14.6. The van der Waals surface area contributed by atoms with E-state index in [1.54, 1.807) is 18.2 Å². The molecule has 30 heavy (non-hydrogen) atoms. The Bertz CT molecular complexity index is 872. The molecule has 3 rings (SSSR count). The number of rotatable bonds is 9. The van der Waals surface area contributed by atoms with Crippen molar-refractivity contribution in [3.8, 4) is 0 Å². The highest BCUT2D eigenvalue weighted by Gasteiger charge is 2.18. The highest BCUT2D eigenvalue weighted by molar-refractivity contribution is 7.99. The first kappa shape index (κ1) is 22.1. The maximum absolute atomic E-state index is 12.4. The standard InChI is InChI=1S/C22H29N5O2S/c1-3-13-27-19(14-23-21(29)17-11-9-16(2)10-12-17)25-26-22(27)30-15-20(28)24-18-7-5-4-6-8-18/h3,9-12,18H,1,4-8,13-15H2,2H3,(H,23,29)(H,24,28). The van der Waals surface area contributed by atoms with Gasteiger partial charge < -0.3 is 15.2 Å². The van der Waals surface area contributed by atoms with Gasteiger partial charge in [0.15, 0.2) is 11.0 Å². The Kier molecular flexibility index (Phi) is 8.07. The second-order valence-electron chi connectivity index (χ2n) is 7.54. The Labute approximate surface area is 181 Å². The van der Waals surface area contributed by atoms with Gasteiger partial charge in [0.05, 0.1) is 12.3 Å². The van der Waals surface area contributed by atoms with E-state index < -0.39 is 0 Å². The summed E-state index contributed by atoms with van der Waals surface area (Å²) in [5.74, 6) is 0.783. The van der Waals surface area contributed by atoms with E-state index in [9.17, 15) is 9.59 Å². The van der Waals surface area contributed by atoms with Crippen molar-refractivity contribution >= 4 is 23.6 Å². The van der Waals surface area contributed by atoms with Gasteiger partial charge in [0.1, 0.15) is 0 Å². The second-order valence-corrected chi connectivity index (χ2v) is 8.48. The van der Waals surface area contributed by atoms with Gasteiger partial charge in [-0.1, -0.05) is 54.8 Å². The molecule has 2 amide bonds. The van der Waals surface area contributed by atoms with Crippen LogP contribution in [-0.2, 0) is 17.9 Å². The zero-order valence-electron chi connectivity index (χ0n) is 17.4. The van der Waals surface area contributed by atoms with Crippen LogP contribution in [0.5, 0.6) is 0 Å². The van der Waals surface area contributed by atoms with Crippen molar-refractivity contribution in [3.05, 3.63) is 53.9 Å². The minimum absolute atomic E-state index is 0.0225. The summed E-state index contributed by atoms with van der Waals surface area (Å²) < 4.78 is 1.88. The second kappa shape index (κ2) is 11.0. The fraction of sp³-hybridized carbons (Fsp3) is 0.455. The maximum atomic E-state index is 12.4. The zero-order chi connectivity index (χ0) is 21.3. The summed E-state index contributed by atoms with van der Waals surface area (Å²) >= 11 is 1.35. The molecule has 1 aromatic heterocycles. The van der Waals surface area contributed by atoms with E-state index in [-0.39, 0.29) is 18.4 Å². The predicted molar refractivity (Wildman–Crippen MR) is 118 cm³/mol. The quantitative estimate of drug-likeness (QED) is 0.474. The molecule has 0 atom stereocenters. The summed E-state index contributed by atoms with van der Waals surface area (Å²) in [7, 11) is 0. The van der Waals surface area contributed by atoms with Crippen molar-refractivity contribution < 1.29 is 9.59 Å². The van der Waals surface area contributed by atoms with Gasteiger partial charge in [-0.15, -0.1) is 16.8 Å². The molecule has 0 unspecified atom stereocenters. The van der Waals surface area contributed by atoms with Crippen LogP contribution in [0, 0.1) is 6.92 Å². The normalized spacial score (nSPS) is 14.3.